The van der Waals surface area contributed by atoms with E-state index in [0.717, 1.165) is 10.0 Å². The van der Waals surface area contributed by atoms with Crippen molar-refractivity contribution in [2.45, 2.75) is 6.54 Å². The van der Waals surface area contributed by atoms with Gasteiger partial charge in [0.05, 0.1) is 0 Å². The van der Waals surface area contributed by atoms with Crippen LogP contribution in [0.3, 0.4) is 0 Å². The van der Waals surface area contributed by atoms with Gasteiger partial charge in [0.15, 0.2) is 0 Å². The Labute approximate surface area is 117 Å². The van der Waals surface area contributed by atoms with Crippen LogP contribution in [0, 0.1) is 0 Å². The molecular formula is C12H10BrN3O3. The Morgan fingerprint density at radius 1 is 1.42 bits per heavy atom. The fourth-order valence-corrected chi connectivity index (χ4v) is 1.78. The first-order valence-electron chi connectivity index (χ1n) is 5.36. The predicted molar refractivity (Wildman–Crippen MR) is 70.9 cm³/mol. The molecule has 0 bridgehead atoms. The van der Waals surface area contributed by atoms with Gasteiger partial charge in [-0.25, -0.2) is 9.78 Å². The molecule has 0 atom stereocenters. The monoisotopic (exact) mass is 323 g/mol. The van der Waals surface area contributed by atoms with Gasteiger partial charge in [-0.15, -0.1) is 0 Å². The maximum absolute atomic E-state index is 11.7. The van der Waals surface area contributed by atoms with E-state index in [0.29, 0.717) is 5.69 Å². The zero-order valence-electron chi connectivity index (χ0n) is 9.68. The molecule has 0 fully saturated rings. The number of aromatic amines is 1. The van der Waals surface area contributed by atoms with Gasteiger partial charge < -0.3 is 15.4 Å². The van der Waals surface area contributed by atoms with Gasteiger partial charge in [-0.1, -0.05) is 6.07 Å². The first-order chi connectivity index (χ1) is 9.06. The summed E-state index contributed by atoms with van der Waals surface area (Å²) in [6.45, 7) is 0.280. The Hall–Kier alpha value is -2.15. The predicted octanol–water partition coefficient (Wildman–Crippen LogP) is 1.80. The molecule has 2 aromatic rings. The van der Waals surface area contributed by atoms with Crippen molar-refractivity contribution in [3.8, 4) is 0 Å². The van der Waals surface area contributed by atoms with Crippen molar-refractivity contribution in [3.05, 3.63) is 52.0 Å². The summed E-state index contributed by atoms with van der Waals surface area (Å²) in [6.07, 6.45) is 3.09. The number of carboxylic acids is 1. The lowest BCUT2D eigenvalue weighted by Crippen LogP contribution is -2.23. The summed E-state index contributed by atoms with van der Waals surface area (Å²) in [6, 6.07) is 4.68. The lowest BCUT2D eigenvalue weighted by Gasteiger charge is -2.03. The summed E-state index contributed by atoms with van der Waals surface area (Å²) in [5.74, 6) is -1.32. The lowest BCUT2D eigenvalue weighted by atomic mass is 10.2. The van der Waals surface area contributed by atoms with E-state index in [9.17, 15) is 9.59 Å². The summed E-state index contributed by atoms with van der Waals surface area (Å²) in [5.41, 5.74) is 1.15. The molecule has 0 aliphatic rings. The van der Waals surface area contributed by atoms with Gasteiger partial charge in [0.2, 0.25) is 0 Å². The number of carbonyl (C=O) groups excluding carboxylic acids is 1. The van der Waals surface area contributed by atoms with Crippen molar-refractivity contribution in [1.82, 2.24) is 15.3 Å². The number of H-pyrrole nitrogens is 1. The third-order valence-electron chi connectivity index (χ3n) is 2.39. The highest BCUT2D eigenvalue weighted by molar-refractivity contribution is 9.10. The molecule has 6 nitrogen and oxygen atoms in total. The van der Waals surface area contributed by atoms with Gasteiger partial charge in [-0.05, 0) is 33.6 Å². The van der Waals surface area contributed by atoms with Crippen molar-refractivity contribution in [2.75, 3.05) is 0 Å². The van der Waals surface area contributed by atoms with Gasteiger partial charge in [-0.3, -0.25) is 4.79 Å². The number of rotatable bonds is 4. The SMILES string of the molecule is O=C(O)c1ccc(CNC(=O)c2cc(Br)c[nH]2)cn1. The zero-order valence-corrected chi connectivity index (χ0v) is 11.3. The summed E-state index contributed by atoms with van der Waals surface area (Å²) in [7, 11) is 0. The van der Waals surface area contributed by atoms with Crippen molar-refractivity contribution in [2.24, 2.45) is 0 Å². The van der Waals surface area contributed by atoms with E-state index in [1.807, 2.05) is 0 Å². The second kappa shape index (κ2) is 5.66. The van der Waals surface area contributed by atoms with Crippen LogP contribution in [0.5, 0.6) is 0 Å². The molecule has 3 N–H and O–H groups in total. The summed E-state index contributed by atoms with van der Waals surface area (Å²) < 4.78 is 0.796. The number of carboxylic acid groups (broad SMARTS) is 1. The van der Waals surface area contributed by atoms with Crippen LogP contribution in [0.1, 0.15) is 26.5 Å². The Bertz CT molecular complexity index is 607. The van der Waals surface area contributed by atoms with Crippen LogP contribution >= 0.6 is 15.9 Å². The number of hydrogen-bond donors (Lipinski definition) is 3. The van der Waals surface area contributed by atoms with Gasteiger partial charge >= 0.3 is 5.97 Å². The molecule has 0 aromatic carbocycles. The number of carbonyl (C=O) groups is 2. The molecule has 0 saturated heterocycles. The molecule has 98 valence electrons. The van der Waals surface area contributed by atoms with Crippen LogP contribution in [0.15, 0.2) is 35.1 Å². The molecule has 1 amide bonds. The van der Waals surface area contributed by atoms with E-state index in [1.54, 1.807) is 18.3 Å². The van der Waals surface area contributed by atoms with E-state index >= 15 is 0 Å². The number of aromatic carboxylic acids is 1. The second-order valence-corrected chi connectivity index (χ2v) is 4.69. The normalized spacial score (nSPS) is 10.2. The molecule has 2 heterocycles. The van der Waals surface area contributed by atoms with E-state index in [4.69, 9.17) is 5.11 Å². The molecule has 2 aromatic heterocycles. The summed E-state index contributed by atoms with van der Waals surface area (Å²) >= 11 is 3.24. The van der Waals surface area contributed by atoms with Crippen LogP contribution in [-0.2, 0) is 6.54 Å². The number of pyridine rings is 1. The van der Waals surface area contributed by atoms with Crippen LogP contribution in [-0.4, -0.2) is 27.0 Å². The Morgan fingerprint density at radius 3 is 2.74 bits per heavy atom. The van der Waals surface area contributed by atoms with Crippen molar-refractivity contribution in [1.29, 1.82) is 0 Å². The van der Waals surface area contributed by atoms with Crippen LogP contribution in [0.25, 0.3) is 0 Å². The number of amides is 1. The topological polar surface area (TPSA) is 95.1 Å². The summed E-state index contributed by atoms with van der Waals surface area (Å²) in [4.78, 5) is 28.9. The molecule has 0 aliphatic carbocycles. The maximum atomic E-state index is 11.7. The Kier molecular flexibility index (Phi) is 3.96. The molecule has 19 heavy (non-hydrogen) atoms. The minimum atomic E-state index is -1.08. The molecular weight excluding hydrogens is 314 g/mol. The Balaban J connectivity index is 1.95. The average Bonchev–Trinajstić information content (AvgIpc) is 2.83. The minimum Gasteiger partial charge on any atom is -0.477 e. The fraction of sp³-hybridized carbons (Fsp3) is 0.0833. The van der Waals surface area contributed by atoms with Crippen molar-refractivity contribution >= 4 is 27.8 Å². The largest absolute Gasteiger partial charge is 0.477 e. The number of halogens is 1. The van der Waals surface area contributed by atoms with Gasteiger partial charge in [0, 0.05) is 23.4 Å². The molecule has 7 heteroatoms. The third kappa shape index (κ3) is 3.41. The van der Waals surface area contributed by atoms with E-state index < -0.39 is 5.97 Å². The Morgan fingerprint density at radius 2 is 2.21 bits per heavy atom. The van der Waals surface area contributed by atoms with Crippen LogP contribution in [0.2, 0.25) is 0 Å². The highest BCUT2D eigenvalue weighted by Crippen LogP contribution is 2.10. The number of nitrogens with zero attached hydrogens (tertiary/aromatic N) is 1. The van der Waals surface area contributed by atoms with E-state index in [2.05, 4.69) is 31.2 Å². The zero-order chi connectivity index (χ0) is 13.8. The number of nitrogens with one attached hydrogen (secondary N) is 2. The molecule has 0 radical (unpaired) electrons. The standard InChI is InChI=1S/C12H10BrN3O3/c13-8-3-10(15-6-8)11(17)16-5-7-1-2-9(12(18)19)14-4-7/h1-4,6,15H,5H2,(H,16,17)(H,18,19). The van der Waals surface area contributed by atoms with Crippen molar-refractivity contribution < 1.29 is 14.7 Å². The number of hydrogen-bond acceptors (Lipinski definition) is 3. The second-order valence-electron chi connectivity index (χ2n) is 3.77. The van der Waals surface area contributed by atoms with Crippen molar-refractivity contribution in [3.63, 3.8) is 0 Å². The minimum absolute atomic E-state index is 0.0247. The fourth-order valence-electron chi connectivity index (χ4n) is 1.43. The van der Waals surface area contributed by atoms with Gasteiger partial charge in [0.25, 0.3) is 5.91 Å². The first-order valence-corrected chi connectivity index (χ1v) is 6.16. The molecule has 2 rings (SSSR count). The number of aromatic nitrogens is 2. The first kappa shape index (κ1) is 13.3. The quantitative estimate of drug-likeness (QED) is 0.799. The third-order valence-corrected chi connectivity index (χ3v) is 2.85. The van der Waals surface area contributed by atoms with E-state index in [1.165, 1.54) is 12.3 Å². The highest BCUT2D eigenvalue weighted by Gasteiger charge is 2.08. The van der Waals surface area contributed by atoms with Crippen LogP contribution in [0.4, 0.5) is 0 Å². The van der Waals surface area contributed by atoms with Gasteiger partial charge in [0.1, 0.15) is 11.4 Å². The average molecular weight is 324 g/mol. The lowest BCUT2D eigenvalue weighted by molar-refractivity contribution is 0.0690. The molecule has 0 unspecified atom stereocenters. The molecule has 0 spiro atoms. The van der Waals surface area contributed by atoms with Gasteiger partial charge in [-0.2, -0.15) is 0 Å². The summed E-state index contributed by atoms with van der Waals surface area (Å²) in [5, 5.41) is 11.4. The maximum Gasteiger partial charge on any atom is 0.354 e. The van der Waals surface area contributed by atoms with Crippen LogP contribution < -0.4 is 5.32 Å². The highest BCUT2D eigenvalue weighted by atomic mass is 79.9. The molecule has 0 saturated carbocycles. The molecule has 0 aliphatic heterocycles. The van der Waals surface area contributed by atoms with E-state index in [-0.39, 0.29) is 18.1 Å². The smallest absolute Gasteiger partial charge is 0.354 e.